The van der Waals surface area contributed by atoms with Gasteiger partial charge in [0.2, 0.25) is 5.91 Å². The summed E-state index contributed by atoms with van der Waals surface area (Å²) in [5.41, 5.74) is 5.31. The number of amides is 2. The Bertz CT molecular complexity index is 583. The lowest BCUT2D eigenvalue weighted by Gasteiger charge is -2.46. The van der Waals surface area contributed by atoms with Gasteiger partial charge in [-0.15, -0.1) is 0 Å². The van der Waals surface area contributed by atoms with Crippen molar-refractivity contribution >= 4 is 18.0 Å². The molecule has 2 aliphatic rings. The smallest absolute Gasteiger partial charge is 0.405 e. The number of carboxylic acids is 1. The lowest BCUT2D eigenvalue weighted by atomic mass is 9.76. The van der Waals surface area contributed by atoms with Crippen LogP contribution in [0.25, 0.3) is 0 Å². The predicted octanol–water partition coefficient (Wildman–Crippen LogP) is 0.303. The zero-order chi connectivity index (χ0) is 17.6. The predicted molar refractivity (Wildman–Crippen MR) is 78.9 cm³/mol. The van der Waals surface area contributed by atoms with Crippen LogP contribution in [-0.4, -0.2) is 51.3 Å². The van der Waals surface area contributed by atoms with Crippen molar-refractivity contribution in [3.8, 4) is 0 Å². The highest BCUT2D eigenvalue weighted by molar-refractivity contribution is 6.00. The molecule has 8 nitrogen and oxygen atoms in total. The maximum Gasteiger partial charge on any atom is 0.405 e. The number of carbonyl (C=O) groups is 3. The summed E-state index contributed by atoms with van der Waals surface area (Å²) in [6, 6.07) is -0.443. The molecule has 2 heterocycles. The molecule has 1 saturated heterocycles. The molecule has 0 bridgehead atoms. The minimum atomic E-state index is -1.26. The lowest BCUT2D eigenvalue weighted by molar-refractivity contribution is -0.163. The highest BCUT2D eigenvalue weighted by Crippen LogP contribution is 2.49. The third-order valence-electron chi connectivity index (χ3n) is 4.58. The third-order valence-corrected chi connectivity index (χ3v) is 4.58. The van der Waals surface area contributed by atoms with Crippen LogP contribution in [0.2, 0.25) is 0 Å². The normalized spacial score (nSPS) is 29.2. The van der Waals surface area contributed by atoms with Crippen LogP contribution < -0.4 is 5.73 Å². The van der Waals surface area contributed by atoms with E-state index in [1.807, 2.05) is 0 Å². The number of carbonyl (C=O) groups excluding carboxylic acids is 2. The number of ether oxygens (including phenoxy) is 1. The second-order valence-corrected chi connectivity index (χ2v) is 6.46. The van der Waals surface area contributed by atoms with Crippen LogP contribution in [0.1, 0.15) is 27.7 Å². The summed E-state index contributed by atoms with van der Waals surface area (Å²) >= 11 is 0. The minimum absolute atomic E-state index is 0.163. The second kappa shape index (κ2) is 5.84. The molecule has 2 amide bonds. The van der Waals surface area contributed by atoms with E-state index in [2.05, 4.69) is 0 Å². The van der Waals surface area contributed by atoms with Crippen LogP contribution in [-0.2, 0) is 14.3 Å². The molecule has 1 fully saturated rings. The third kappa shape index (κ3) is 2.56. The molecule has 23 heavy (non-hydrogen) atoms. The number of primary amides is 1. The molecule has 5 atom stereocenters. The van der Waals surface area contributed by atoms with Gasteiger partial charge in [0.05, 0.1) is 18.1 Å². The Kier molecular flexibility index (Phi) is 4.39. The Balaban J connectivity index is 2.50. The van der Waals surface area contributed by atoms with Crippen molar-refractivity contribution < 1.29 is 29.3 Å². The van der Waals surface area contributed by atoms with Gasteiger partial charge in [0.25, 0.3) is 0 Å². The van der Waals surface area contributed by atoms with Gasteiger partial charge in [0.1, 0.15) is 11.8 Å². The molecule has 0 aromatic heterocycles. The van der Waals surface area contributed by atoms with Gasteiger partial charge in [-0.25, -0.2) is 9.59 Å². The maximum absolute atomic E-state index is 12.2. The Morgan fingerprint density at radius 2 is 1.87 bits per heavy atom. The van der Waals surface area contributed by atoms with Crippen LogP contribution in [0.4, 0.5) is 4.79 Å². The van der Waals surface area contributed by atoms with E-state index < -0.39 is 42.1 Å². The molecule has 0 spiro atoms. The van der Waals surface area contributed by atoms with Crippen molar-refractivity contribution in [3.63, 3.8) is 0 Å². The quantitative estimate of drug-likeness (QED) is 0.623. The van der Waals surface area contributed by atoms with Gasteiger partial charge in [0, 0.05) is 11.5 Å². The largest absolute Gasteiger partial charge is 0.477 e. The van der Waals surface area contributed by atoms with Gasteiger partial charge in [-0.3, -0.25) is 4.79 Å². The van der Waals surface area contributed by atoms with E-state index in [-0.39, 0.29) is 17.5 Å². The summed E-state index contributed by atoms with van der Waals surface area (Å²) in [6.07, 6.45) is -2.71. The molecule has 0 aliphatic carbocycles. The van der Waals surface area contributed by atoms with Gasteiger partial charge in [-0.05, 0) is 12.8 Å². The number of hydrogen-bond acceptors (Lipinski definition) is 5. The van der Waals surface area contributed by atoms with Crippen molar-refractivity contribution in [1.29, 1.82) is 0 Å². The fraction of sp³-hybridized carbons (Fsp3) is 0.667. The van der Waals surface area contributed by atoms with Gasteiger partial charge < -0.3 is 25.6 Å². The van der Waals surface area contributed by atoms with E-state index >= 15 is 0 Å². The summed E-state index contributed by atoms with van der Waals surface area (Å²) in [7, 11) is 0. The van der Waals surface area contributed by atoms with Crippen molar-refractivity contribution in [3.05, 3.63) is 11.3 Å². The first-order valence-corrected chi connectivity index (χ1v) is 7.54. The number of nitrogens with two attached hydrogens (primary N) is 1. The van der Waals surface area contributed by atoms with E-state index in [1.54, 1.807) is 20.8 Å². The number of carboxylic acid groups (broad SMARTS) is 1. The number of β-lactam (4-membered cyclic amide) rings is 1. The van der Waals surface area contributed by atoms with Crippen LogP contribution in [0.5, 0.6) is 0 Å². The summed E-state index contributed by atoms with van der Waals surface area (Å²) in [4.78, 5) is 36.3. The molecule has 0 aromatic rings. The zero-order valence-electron chi connectivity index (χ0n) is 13.5. The van der Waals surface area contributed by atoms with Crippen LogP contribution in [0.15, 0.2) is 11.3 Å². The summed E-state index contributed by atoms with van der Waals surface area (Å²) < 4.78 is 5.12. The van der Waals surface area contributed by atoms with Crippen LogP contribution >= 0.6 is 0 Å². The first-order valence-electron chi connectivity index (χ1n) is 7.54. The van der Waals surface area contributed by atoms with Gasteiger partial charge in [-0.1, -0.05) is 20.8 Å². The average molecular weight is 326 g/mol. The van der Waals surface area contributed by atoms with Crippen molar-refractivity contribution in [2.24, 2.45) is 23.5 Å². The lowest BCUT2D eigenvalue weighted by Crippen LogP contribution is -2.63. The number of fused-ring (bicyclic) bond motifs is 1. The molecule has 0 aromatic carbocycles. The van der Waals surface area contributed by atoms with E-state index in [1.165, 1.54) is 11.8 Å². The first-order chi connectivity index (χ1) is 10.6. The Hall–Kier alpha value is -2.09. The number of hydrogen-bond donors (Lipinski definition) is 3. The number of aliphatic hydroxyl groups excluding tert-OH is 1. The Morgan fingerprint density at radius 3 is 2.26 bits per heavy atom. The molecule has 1 unspecified atom stereocenters. The van der Waals surface area contributed by atoms with Crippen LogP contribution in [0, 0.1) is 17.8 Å². The average Bonchev–Trinajstić information content (AvgIpc) is 2.65. The highest BCUT2D eigenvalue weighted by Gasteiger charge is 2.61. The molecule has 0 saturated carbocycles. The Morgan fingerprint density at radius 1 is 1.30 bits per heavy atom. The molecular formula is C15H22N2O6. The SMILES string of the molecule is CC(C)[C@H](OC(N)=O)C1=C(C(=O)O)N2C(=O)[C@H]([C@@H](C)O)C2[C@H]1C. The molecular weight excluding hydrogens is 304 g/mol. The topological polar surface area (TPSA) is 130 Å². The van der Waals surface area contributed by atoms with Crippen LogP contribution in [0.3, 0.4) is 0 Å². The van der Waals surface area contributed by atoms with E-state index in [9.17, 15) is 24.6 Å². The number of nitrogens with zero attached hydrogens (tertiary/aromatic N) is 1. The Labute approximate surface area is 133 Å². The van der Waals surface area contributed by atoms with E-state index in [4.69, 9.17) is 10.5 Å². The van der Waals surface area contributed by atoms with E-state index in [0.717, 1.165) is 0 Å². The zero-order valence-corrected chi connectivity index (χ0v) is 13.5. The molecule has 2 aliphatic heterocycles. The summed E-state index contributed by atoms with van der Waals surface area (Å²) in [5, 5.41) is 19.3. The molecule has 2 rings (SSSR count). The highest BCUT2D eigenvalue weighted by atomic mass is 16.6. The fourth-order valence-corrected chi connectivity index (χ4v) is 3.66. The number of aliphatic hydroxyl groups is 1. The number of aliphatic carboxylic acids is 1. The first kappa shape index (κ1) is 17.3. The summed E-state index contributed by atoms with van der Waals surface area (Å²) in [6.45, 7) is 6.82. The van der Waals surface area contributed by atoms with Crippen molar-refractivity contribution in [2.45, 2.75) is 45.9 Å². The van der Waals surface area contributed by atoms with Crippen molar-refractivity contribution in [1.82, 2.24) is 4.90 Å². The van der Waals surface area contributed by atoms with Crippen molar-refractivity contribution in [2.75, 3.05) is 0 Å². The van der Waals surface area contributed by atoms with Gasteiger partial charge in [0.15, 0.2) is 0 Å². The van der Waals surface area contributed by atoms with E-state index in [0.29, 0.717) is 5.57 Å². The van der Waals surface area contributed by atoms with Gasteiger partial charge in [-0.2, -0.15) is 0 Å². The minimum Gasteiger partial charge on any atom is -0.477 e. The standard InChI is InChI=1S/C15H22N2O6/c1-5(2)12(23-15(16)22)8-6(3)10-9(7(4)18)13(19)17(10)11(8)14(20)21/h5-7,9-10,12,18H,1-4H3,(H2,16,22)(H,20,21)/t6-,7+,9+,10?,12-/m0/s1. The monoisotopic (exact) mass is 326 g/mol. The molecule has 4 N–H and O–H groups in total. The second-order valence-electron chi connectivity index (χ2n) is 6.46. The molecule has 8 heteroatoms. The summed E-state index contributed by atoms with van der Waals surface area (Å²) in [5.74, 6) is -2.91. The number of rotatable bonds is 5. The van der Waals surface area contributed by atoms with Gasteiger partial charge >= 0.3 is 12.1 Å². The maximum atomic E-state index is 12.2. The molecule has 128 valence electrons. The fourth-order valence-electron chi connectivity index (χ4n) is 3.66. The molecule has 0 radical (unpaired) electrons.